The molecule has 5 rings (SSSR count). The maximum Gasteiger partial charge on any atom is 0.307 e. The van der Waals surface area contributed by atoms with Gasteiger partial charge in [0.05, 0.1) is 22.6 Å². The first kappa shape index (κ1) is 24.8. The molecule has 0 bridgehead atoms. The van der Waals surface area contributed by atoms with Crippen molar-refractivity contribution in [3.8, 4) is 0 Å². The summed E-state index contributed by atoms with van der Waals surface area (Å²) < 4.78 is 28.4. The Labute approximate surface area is 219 Å². The third-order valence-corrected chi connectivity index (χ3v) is 7.36. The monoisotopic (exact) mass is 525 g/mol. The summed E-state index contributed by atoms with van der Waals surface area (Å²) >= 11 is 0. The van der Waals surface area contributed by atoms with E-state index in [-0.39, 0.29) is 17.2 Å². The Morgan fingerprint density at radius 2 is 1.45 bits per heavy atom. The molecule has 0 spiro atoms. The molecule has 8 nitrogen and oxygen atoms in total. The zero-order valence-electron chi connectivity index (χ0n) is 20.0. The van der Waals surface area contributed by atoms with Gasteiger partial charge in [0.2, 0.25) is 0 Å². The Bertz CT molecular complexity index is 1650. The maximum absolute atomic E-state index is 13.2. The molecule has 0 saturated heterocycles. The first-order valence-corrected chi connectivity index (χ1v) is 13.2. The van der Waals surface area contributed by atoms with E-state index in [2.05, 4.69) is 15.4 Å². The van der Waals surface area contributed by atoms with Gasteiger partial charge in [-0.25, -0.2) is 8.42 Å². The molecule has 0 fully saturated rings. The minimum atomic E-state index is -3.82. The number of aliphatic carboxylic acids is 1. The van der Waals surface area contributed by atoms with Crippen LogP contribution in [0, 0.1) is 0 Å². The van der Waals surface area contributed by atoms with Gasteiger partial charge in [-0.2, -0.15) is 0 Å². The molecule has 9 heteroatoms. The third kappa shape index (κ3) is 5.28. The first-order valence-electron chi connectivity index (χ1n) is 11.7. The van der Waals surface area contributed by atoms with Crippen molar-refractivity contribution in [2.75, 3.05) is 15.4 Å². The number of carbonyl (C=O) groups excluding carboxylic acids is 1. The van der Waals surface area contributed by atoms with Gasteiger partial charge < -0.3 is 15.7 Å². The van der Waals surface area contributed by atoms with E-state index in [0.717, 1.165) is 5.56 Å². The Balaban J connectivity index is 1.56. The number of anilines is 3. The lowest BCUT2D eigenvalue weighted by atomic mass is 9.99. The Morgan fingerprint density at radius 1 is 0.816 bits per heavy atom. The molecule has 1 heterocycles. The molecule has 0 aliphatic carbocycles. The molecule has 38 heavy (non-hydrogen) atoms. The van der Waals surface area contributed by atoms with E-state index >= 15 is 0 Å². The molecule has 1 amide bonds. The average molecular weight is 526 g/mol. The first-order chi connectivity index (χ1) is 18.3. The highest BCUT2D eigenvalue weighted by molar-refractivity contribution is 7.92. The van der Waals surface area contributed by atoms with Gasteiger partial charge in [0.15, 0.2) is 0 Å². The number of benzene rings is 4. The molecule has 0 saturated carbocycles. The molecule has 0 unspecified atom stereocenters. The average Bonchev–Trinajstić information content (AvgIpc) is 3.23. The smallest absolute Gasteiger partial charge is 0.307 e. The van der Waals surface area contributed by atoms with Crippen LogP contribution < -0.4 is 15.4 Å². The summed E-state index contributed by atoms with van der Waals surface area (Å²) in [4.78, 5) is 24.4. The van der Waals surface area contributed by atoms with E-state index in [1.807, 2.05) is 30.3 Å². The summed E-state index contributed by atoms with van der Waals surface area (Å²) in [6.45, 7) is 0. The van der Waals surface area contributed by atoms with Gasteiger partial charge >= 0.3 is 5.97 Å². The number of sulfonamides is 1. The minimum absolute atomic E-state index is 0.0929. The van der Waals surface area contributed by atoms with Crippen LogP contribution in [0.4, 0.5) is 17.1 Å². The van der Waals surface area contributed by atoms with Gasteiger partial charge in [0.25, 0.3) is 15.9 Å². The molecule has 0 radical (unpaired) electrons. The van der Waals surface area contributed by atoms with Crippen LogP contribution in [0.1, 0.15) is 16.7 Å². The van der Waals surface area contributed by atoms with E-state index in [9.17, 15) is 18.0 Å². The van der Waals surface area contributed by atoms with E-state index < -0.39 is 16.0 Å². The van der Waals surface area contributed by atoms with Crippen LogP contribution in [0.2, 0.25) is 0 Å². The van der Waals surface area contributed by atoms with Gasteiger partial charge in [-0.3, -0.25) is 14.3 Å². The standard InChI is InChI=1S/C29H23N3O5S/c33-26(34)17-19-11-13-21(14-12-19)30-28(20-7-3-1-4-8-20)27-24-18-22(15-16-25(24)31-29(27)35)32-38(36,37)23-9-5-2-6-10-23/h1-16,18,30,32H,17H2,(H,31,35)(H,33,34). The number of nitrogens with one attached hydrogen (secondary N) is 3. The van der Waals surface area contributed by atoms with Crippen LogP contribution in [-0.4, -0.2) is 25.4 Å². The molecule has 0 atom stereocenters. The summed E-state index contributed by atoms with van der Waals surface area (Å²) in [7, 11) is -3.82. The molecule has 190 valence electrons. The minimum Gasteiger partial charge on any atom is -0.481 e. The largest absolute Gasteiger partial charge is 0.481 e. The second kappa shape index (κ2) is 10.2. The lowest BCUT2D eigenvalue weighted by molar-refractivity contribution is -0.136. The molecule has 4 aromatic rings. The Hall–Kier alpha value is -4.89. The van der Waals surface area contributed by atoms with E-state index in [0.29, 0.717) is 39.5 Å². The van der Waals surface area contributed by atoms with Crippen molar-refractivity contribution in [1.29, 1.82) is 0 Å². The van der Waals surface area contributed by atoms with Crippen molar-refractivity contribution in [1.82, 2.24) is 0 Å². The van der Waals surface area contributed by atoms with Crippen molar-refractivity contribution in [2.24, 2.45) is 0 Å². The predicted molar refractivity (Wildman–Crippen MR) is 147 cm³/mol. The predicted octanol–water partition coefficient (Wildman–Crippen LogP) is 5.05. The summed E-state index contributed by atoms with van der Waals surface area (Å²) in [5.41, 5.74) is 4.33. The molecule has 4 aromatic carbocycles. The molecule has 1 aliphatic heterocycles. The number of hydrogen-bond donors (Lipinski definition) is 4. The van der Waals surface area contributed by atoms with Crippen LogP contribution in [0.3, 0.4) is 0 Å². The second-order valence-corrected chi connectivity index (χ2v) is 10.3. The van der Waals surface area contributed by atoms with Crippen molar-refractivity contribution < 1.29 is 23.1 Å². The number of carboxylic acids is 1. The third-order valence-electron chi connectivity index (χ3n) is 5.96. The number of carboxylic acid groups (broad SMARTS) is 1. The van der Waals surface area contributed by atoms with Crippen LogP contribution in [-0.2, 0) is 26.0 Å². The van der Waals surface area contributed by atoms with Crippen LogP contribution in [0.5, 0.6) is 0 Å². The number of fused-ring (bicyclic) bond motifs is 1. The molecular formula is C29H23N3O5S. The highest BCUT2D eigenvalue weighted by Gasteiger charge is 2.29. The molecule has 4 N–H and O–H groups in total. The van der Waals surface area contributed by atoms with Crippen molar-refractivity contribution in [2.45, 2.75) is 11.3 Å². The zero-order valence-corrected chi connectivity index (χ0v) is 20.8. The normalized spacial score (nSPS) is 13.8. The number of carbonyl (C=O) groups is 2. The quantitative estimate of drug-likeness (QED) is 0.239. The Kier molecular flexibility index (Phi) is 6.68. The fourth-order valence-corrected chi connectivity index (χ4v) is 5.27. The lowest BCUT2D eigenvalue weighted by Crippen LogP contribution is -2.13. The van der Waals surface area contributed by atoms with Crippen molar-refractivity contribution in [3.63, 3.8) is 0 Å². The van der Waals surface area contributed by atoms with Crippen LogP contribution >= 0.6 is 0 Å². The summed E-state index contributed by atoms with van der Waals surface area (Å²) in [5.74, 6) is -1.26. The number of hydrogen-bond acceptors (Lipinski definition) is 5. The fourth-order valence-electron chi connectivity index (χ4n) is 4.20. The fraction of sp³-hybridized carbons (Fsp3) is 0.0345. The second-order valence-electron chi connectivity index (χ2n) is 8.64. The highest BCUT2D eigenvalue weighted by atomic mass is 32.2. The lowest BCUT2D eigenvalue weighted by Gasteiger charge is -2.15. The van der Waals surface area contributed by atoms with E-state index in [4.69, 9.17) is 5.11 Å². The maximum atomic E-state index is 13.2. The van der Waals surface area contributed by atoms with Crippen molar-refractivity contribution in [3.05, 3.63) is 120 Å². The topological polar surface area (TPSA) is 125 Å². The van der Waals surface area contributed by atoms with Gasteiger partial charge in [-0.1, -0.05) is 60.7 Å². The highest BCUT2D eigenvalue weighted by Crippen LogP contribution is 2.39. The van der Waals surface area contributed by atoms with Crippen LogP contribution in [0.25, 0.3) is 11.3 Å². The number of rotatable bonds is 8. The van der Waals surface area contributed by atoms with E-state index in [1.54, 1.807) is 60.7 Å². The summed E-state index contributed by atoms with van der Waals surface area (Å²) in [6.07, 6.45) is -0.0929. The zero-order chi connectivity index (χ0) is 26.7. The van der Waals surface area contributed by atoms with Gasteiger partial charge in [-0.15, -0.1) is 0 Å². The van der Waals surface area contributed by atoms with Gasteiger partial charge in [-0.05, 0) is 53.6 Å². The SMILES string of the molecule is O=C(O)Cc1ccc(NC(=C2C(=O)Nc3ccc(NS(=O)(=O)c4ccccc4)cc32)c2ccccc2)cc1. The van der Waals surface area contributed by atoms with Gasteiger partial charge in [0.1, 0.15) is 0 Å². The molecule has 1 aliphatic rings. The molecular weight excluding hydrogens is 502 g/mol. The summed E-state index contributed by atoms with van der Waals surface area (Å²) in [6, 6.07) is 29.1. The van der Waals surface area contributed by atoms with Crippen molar-refractivity contribution >= 4 is 50.2 Å². The summed E-state index contributed by atoms with van der Waals surface area (Å²) in [5, 5.41) is 15.2. The van der Waals surface area contributed by atoms with E-state index in [1.165, 1.54) is 12.1 Å². The number of amides is 1. The van der Waals surface area contributed by atoms with Crippen LogP contribution in [0.15, 0.2) is 108 Å². The van der Waals surface area contributed by atoms with Gasteiger partial charge in [0, 0.05) is 22.6 Å². The molecule has 0 aromatic heterocycles. The Morgan fingerprint density at radius 3 is 2.11 bits per heavy atom.